The third-order valence-electron chi connectivity index (χ3n) is 3.71. The molecule has 5 heteroatoms. The van der Waals surface area contributed by atoms with Crippen LogP contribution in [-0.4, -0.2) is 7.11 Å². The maximum absolute atomic E-state index is 13.6. The first-order chi connectivity index (χ1) is 9.69. The molecule has 0 bridgehead atoms. The number of nitrogens with two attached hydrogens (primary N) is 1. The SMILES string of the molecule is COc1cc(NC2CCCc3sccc32)c(N)cc1F. The molecule has 1 unspecified atom stereocenters. The standard InChI is InChI=1S/C15H17FN2OS/c1-19-14-8-13(11(17)7-10(14)16)18-12-3-2-4-15-9(12)5-6-20-15/h5-8,12,18H,2-4,17H2,1H3. The number of thiophene rings is 1. The van der Waals surface area contributed by atoms with Crippen molar-refractivity contribution in [3.05, 3.63) is 39.8 Å². The molecule has 3 nitrogen and oxygen atoms in total. The fourth-order valence-corrected chi connectivity index (χ4v) is 3.66. The average Bonchev–Trinajstić information content (AvgIpc) is 2.91. The molecule has 0 spiro atoms. The molecule has 3 rings (SSSR count). The Morgan fingerprint density at radius 3 is 3.10 bits per heavy atom. The number of nitrogens with one attached hydrogen (secondary N) is 1. The number of anilines is 2. The van der Waals surface area contributed by atoms with E-state index in [-0.39, 0.29) is 11.8 Å². The molecule has 0 fully saturated rings. The molecule has 1 atom stereocenters. The van der Waals surface area contributed by atoms with Gasteiger partial charge in [0.2, 0.25) is 0 Å². The van der Waals surface area contributed by atoms with E-state index in [1.54, 1.807) is 17.4 Å². The Hall–Kier alpha value is -1.75. The second-order valence-electron chi connectivity index (χ2n) is 4.96. The Morgan fingerprint density at radius 1 is 1.45 bits per heavy atom. The molecule has 106 valence electrons. The number of fused-ring (bicyclic) bond motifs is 1. The van der Waals surface area contributed by atoms with Crippen LogP contribution in [0.5, 0.6) is 5.75 Å². The van der Waals surface area contributed by atoms with Gasteiger partial charge in [-0.3, -0.25) is 0 Å². The van der Waals surface area contributed by atoms with E-state index in [0.29, 0.717) is 5.69 Å². The second-order valence-corrected chi connectivity index (χ2v) is 5.96. The largest absolute Gasteiger partial charge is 0.494 e. The highest BCUT2D eigenvalue weighted by atomic mass is 32.1. The molecule has 1 aromatic carbocycles. The van der Waals surface area contributed by atoms with Gasteiger partial charge in [-0.15, -0.1) is 11.3 Å². The maximum atomic E-state index is 13.6. The zero-order valence-electron chi connectivity index (χ0n) is 11.3. The minimum atomic E-state index is -0.435. The minimum absolute atomic E-state index is 0.211. The van der Waals surface area contributed by atoms with Crippen LogP contribution in [0.25, 0.3) is 0 Å². The Kier molecular flexibility index (Phi) is 3.53. The molecule has 0 saturated heterocycles. The van der Waals surface area contributed by atoms with Gasteiger partial charge in [0.25, 0.3) is 0 Å². The Labute approximate surface area is 121 Å². The number of methoxy groups -OCH3 is 1. The molecule has 0 saturated carbocycles. The molecule has 1 heterocycles. The van der Waals surface area contributed by atoms with Gasteiger partial charge in [-0.1, -0.05) is 0 Å². The molecular weight excluding hydrogens is 275 g/mol. The molecule has 0 radical (unpaired) electrons. The number of ether oxygens (including phenoxy) is 1. The topological polar surface area (TPSA) is 47.3 Å². The van der Waals surface area contributed by atoms with Crippen LogP contribution in [0.15, 0.2) is 23.6 Å². The highest BCUT2D eigenvalue weighted by Crippen LogP contribution is 2.37. The second kappa shape index (κ2) is 5.32. The maximum Gasteiger partial charge on any atom is 0.167 e. The lowest BCUT2D eigenvalue weighted by molar-refractivity contribution is 0.387. The molecular formula is C15H17FN2OS. The lowest BCUT2D eigenvalue weighted by Gasteiger charge is -2.25. The zero-order valence-corrected chi connectivity index (χ0v) is 12.1. The third-order valence-corrected chi connectivity index (χ3v) is 4.70. The summed E-state index contributed by atoms with van der Waals surface area (Å²) in [7, 11) is 1.45. The van der Waals surface area contributed by atoms with Crippen molar-refractivity contribution in [1.29, 1.82) is 0 Å². The van der Waals surface area contributed by atoms with E-state index >= 15 is 0 Å². The number of nitrogen functional groups attached to an aromatic ring is 1. The monoisotopic (exact) mass is 292 g/mol. The van der Waals surface area contributed by atoms with Crippen LogP contribution in [0.2, 0.25) is 0 Å². The summed E-state index contributed by atoms with van der Waals surface area (Å²) in [6.07, 6.45) is 3.36. The lowest BCUT2D eigenvalue weighted by Crippen LogP contribution is -2.16. The van der Waals surface area contributed by atoms with Crippen molar-refractivity contribution in [1.82, 2.24) is 0 Å². The van der Waals surface area contributed by atoms with Crippen LogP contribution < -0.4 is 15.8 Å². The predicted octanol–water partition coefficient (Wildman–Crippen LogP) is 3.97. The van der Waals surface area contributed by atoms with Crippen molar-refractivity contribution in [2.24, 2.45) is 0 Å². The van der Waals surface area contributed by atoms with Gasteiger partial charge in [-0.2, -0.15) is 0 Å². The number of halogens is 1. The predicted molar refractivity (Wildman–Crippen MR) is 81.0 cm³/mol. The first kappa shape index (κ1) is 13.2. The lowest BCUT2D eigenvalue weighted by atomic mass is 9.94. The van der Waals surface area contributed by atoms with E-state index in [9.17, 15) is 4.39 Å². The summed E-state index contributed by atoms with van der Waals surface area (Å²) in [5.74, 6) is -0.224. The molecule has 1 aliphatic rings. The Balaban J connectivity index is 1.89. The fraction of sp³-hybridized carbons (Fsp3) is 0.333. The first-order valence-electron chi connectivity index (χ1n) is 6.65. The van der Waals surface area contributed by atoms with Gasteiger partial charge in [0.15, 0.2) is 11.6 Å². The summed E-state index contributed by atoms with van der Waals surface area (Å²) in [6.45, 7) is 0. The number of rotatable bonds is 3. The van der Waals surface area contributed by atoms with Gasteiger partial charge in [0.05, 0.1) is 24.5 Å². The summed E-state index contributed by atoms with van der Waals surface area (Å²) in [5, 5.41) is 5.55. The third kappa shape index (κ3) is 2.33. The Morgan fingerprint density at radius 2 is 2.30 bits per heavy atom. The summed E-state index contributed by atoms with van der Waals surface area (Å²) in [5.41, 5.74) is 8.38. The van der Waals surface area contributed by atoms with Crippen molar-refractivity contribution < 1.29 is 9.13 Å². The molecule has 2 aromatic rings. The van der Waals surface area contributed by atoms with E-state index in [4.69, 9.17) is 10.5 Å². The van der Waals surface area contributed by atoms with E-state index < -0.39 is 5.82 Å². The molecule has 1 aliphatic carbocycles. The van der Waals surface area contributed by atoms with Crippen LogP contribution in [0.4, 0.5) is 15.8 Å². The van der Waals surface area contributed by atoms with Gasteiger partial charge in [-0.05, 0) is 36.3 Å². The van der Waals surface area contributed by atoms with Crippen molar-refractivity contribution in [2.75, 3.05) is 18.2 Å². The van der Waals surface area contributed by atoms with Crippen molar-refractivity contribution >= 4 is 22.7 Å². The van der Waals surface area contributed by atoms with Crippen LogP contribution in [0, 0.1) is 5.82 Å². The number of hydrogen-bond acceptors (Lipinski definition) is 4. The number of benzene rings is 1. The van der Waals surface area contributed by atoms with Gasteiger partial charge in [0, 0.05) is 17.0 Å². The highest BCUT2D eigenvalue weighted by molar-refractivity contribution is 7.10. The zero-order chi connectivity index (χ0) is 14.1. The summed E-state index contributed by atoms with van der Waals surface area (Å²) in [4.78, 5) is 1.43. The summed E-state index contributed by atoms with van der Waals surface area (Å²) >= 11 is 1.80. The minimum Gasteiger partial charge on any atom is -0.494 e. The molecule has 20 heavy (non-hydrogen) atoms. The fourth-order valence-electron chi connectivity index (χ4n) is 2.67. The van der Waals surface area contributed by atoms with Crippen LogP contribution >= 0.6 is 11.3 Å². The molecule has 1 aromatic heterocycles. The van der Waals surface area contributed by atoms with E-state index in [1.807, 2.05) is 0 Å². The first-order valence-corrected chi connectivity index (χ1v) is 7.53. The van der Waals surface area contributed by atoms with Crippen molar-refractivity contribution in [3.63, 3.8) is 0 Å². The van der Waals surface area contributed by atoms with Gasteiger partial charge in [-0.25, -0.2) is 4.39 Å². The summed E-state index contributed by atoms with van der Waals surface area (Å²) < 4.78 is 18.6. The van der Waals surface area contributed by atoms with Gasteiger partial charge >= 0.3 is 0 Å². The smallest absolute Gasteiger partial charge is 0.167 e. The molecule has 0 aliphatic heterocycles. The Bertz CT molecular complexity index is 626. The average molecular weight is 292 g/mol. The normalized spacial score (nSPS) is 17.6. The van der Waals surface area contributed by atoms with E-state index in [2.05, 4.69) is 16.8 Å². The van der Waals surface area contributed by atoms with Crippen molar-refractivity contribution in [2.45, 2.75) is 25.3 Å². The van der Waals surface area contributed by atoms with Gasteiger partial charge < -0.3 is 15.8 Å². The molecule has 0 amide bonds. The molecule has 3 N–H and O–H groups in total. The van der Waals surface area contributed by atoms with E-state index in [1.165, 1.54) is 23.6 Å². The van der Waals surface area contributed by atoms with E-state index in [0.717, 1.165) is 24.9 Å². The van der Waals surface area contributed by atoms with Gasteiger partial charge in [0.1, 0.15) is 0 Å². The summed E-state index contributed by atoms with van der Waals surface area (Å²) in [6, 6.07) is 5.33. The van der Waals surface area contributed by atoms with Crippen LogP contribution in [0.1, 0.15) is 29.3 Å². The number of aryl methyl sites for hydroxylation is 1. The highest BCUT2D eigenvalue weighted by Gasteiger charge is 2.22. The van der Waals surface area contributed by atoms with Crippen LogP contribution in [-0.2, 0) is 6.42 Å². The quantitative estimate of drug-likeness (QED) is 0.842. The van der Waals surface area contributed by atoms with Crippen molar-refractivity contribution in [3.8, 4) is 5.75 Å². The van der Waals surface area contributed by atoms with Crippen LogP contribution in [0.3, 0.4) is 0 Å². The number of hydrogen-bond donors (Lipinski definition) is 2.